The second kappa shape index (κ2) is 4.49. The van der Waals surface area contributed by atoms with E-state index in [-0.39, 0.29) is 6.04 Å². The minimum absolute atomic E-state index is 0.0670. The molecule has 4 rings (SSSR count). The minimum Gasteiger partial charge on any atom is -0.373 e. The van der Waals surface area contributed by atoms with E-state index in [4.69, 9.17) is 4.52 Å². The molecule has 98 valence electrons. The maximum absolute atomic E-state index is 5.41. The lowest BCUT2D eigenvalue weighted by Gasteiger charge is -2.04. The zero-order valence-corrected chi connectivity index (χ0v) is 10.8. The molecular weight excluding hydrogens is 250 g/mol. The monoisotopic (exact) mass is 263 g/mol. The highest BCUT2D eigenvalue weighted by Crippen LogP contribution is 2.33. The van der Waals surface area contributed by atoms with Crippen molar-refractivity contribution in [2.45, 2.75) is 12.5 Å². The molecule has 3 aromatic rings. The Morgan fingerprint density at radius 3 is 2.65 bits per heavy atom. The molecule has 1 N–H and O–H groups in total. The smallest absolute Gasteiger partial charge is 0.249 e. The topological polar surface area (TPSA) is 51.0 Å². The highest BCUT2D eigenvalue weighted by molar-refractivity contribution is 5.58. The first-order chi connectivity index (χ1) is 9.90. The number of anilines is 1. The maximum atomic E-state index is 5.41. The quantitative estimate of drug-likeness (QED) is 0.769. The molecule has 0 bridgehead atoms. The van der Waals surface area contributed by atoms with Crippen LogP contribution in [0, 0.1) is 0 Å². The summed E-state index contributed by atoms with van der Waals surface area (Å²) in [6.07, 6.45) is 0.882. The summed E-state index contributed by atoms with van der Waals surface area (Å²) in [7, 11) is 0. The highest BCUT2D eigenvalue weighted by Gasteiger charge is 2.26. The first-order valence-electron chi connectivity index (χ1n) is 6.63. The van der Waals surface area contributed by atoms with E-state index in [0.29, 0.717) is 11.7 Å². The summed E-state index contributed by atoms with van der Waals surface area (Å²) in [6.45, 7) is 0. The number of para-hydroxylation sites is 1. The van der Waals surface area contributed by atoms with E-state index in [1.807, 2.05) is 42.5 Å². The molecule has 0 fully saturated rings. The van der Waals surface area contributed by atoms with Gasteiger partial charge in [-0.3, -0.25) is 0 Å². The minimum atomic E-state index is 0.0670. The van der Waals surface area contributed by atoms with Gasteiger partial charge in [-0.1, -0.05) is 53.7 Å². The second-order valence-corrected chi connectivity index (χ2v) is 4.88. The zero-order valence-electron chi connectivity index (χ0n) is 10.8. The first-order valence-corrected chi connectivity index (χ1v) is 6.63. The molecule has 0 saturated heterocycles. The van der Waals surface area contributed by atoms with Gasteiger partial charge in [0.2, 0.25) is 11.7 Å². The summed E-state index contributed by atoms with van der Waals surface area (Å²) in [5, 5.41) is 7.49. The van der Waals surface area contributed by atoms with E-state index in [1.54, 1.807) is 0 Å². The van der Waals surface area contributed by atoms with Crippen molar-refractivity contribution in [3.8, 4) is 11.4 Å². The van der Waals surface area contributed by atoms with Gasteiger partial charge in [0.1, 0.15) is 6.04 Å². The molecule has 20 heavy (non-hydrogen) atoms. The molecule has 0 radical (unpaired) electrons. The fourth-order valence-electron chi connectivity index (χ4n) is 2.53. The molecule has 4 nitrogen and oxygen atoms in total. The number of aromatic nitrogens is 2. The van der Waals surface area contributed by atoms with Crippen LogP contribution in [0.3, 0.4) is 0 Å². The molecule has 2 heterocycles. The van der Waals surface area contributed by atoms with E-state index in [2.05, 4.69) is 27.6 Å². The van der Waals surface area contributed by atoms with E-state index >= 15 is 0 Å². The van der Waals surface area contributed by atoms with Crippen molar-refractivity contribution in [2.24, 2.45) is 0 Å². The zero-order chi connectivity index (χ0) is 13.4. The molecular formula is C16H13N3O. The van der Waals surface area contributed by atoms with Gasteiger partial charge in [0.05, 0.1) is 0 Å². The third-order valence-electron chi connectivity index (χ3n) is 3.54. The number of nitrogens with zero attached hydrogens (tertiary/aromatic N) is 2. The van der Waals surface area contributed by atoms with Crippen LogP contribution in [0.2, 0.25) is 0 Å². The molecule has 4 heteroatoms. The van der Waals surface area contributed by atoms with Crippen LogP contribution in [0.1, 0.15) is 17.5 Å². The van der Waals surface area contributed by atoms with Gasteiger partial charge >= 0.3 is 0 Å². The number of hydrogen-bond acceptors (Lipinski definition) is 4. The van der Waals surface area contributed by atoms with Gasteiger partial charge < -0.3 is 9.84 Å². The van der Waals surface area contributed by atoms with Crippen LogP contribution in [0.15, 0.2) is 59.1 Å². The number of fused-ring (bicyclic) bond motifs is 1. The third-order valence-corrected chi connectivity index (χ3v) is 3.54. The third kappa shape index (κ3) is 1.86. The van der Waals surface area contributed by atoms with Gasteiger partial charge in [-0.15, -0.1) is 0 Å². The van der Waals surface area contributed by atoms with Crippen molar-refractivity contribution in [2.75, 3.05) is 5.32 Å². The van der Waals surface area contributed by atoms with Gasteiger partial charge in [-0.05, 0) is 11.6 Å². The number of hydrogen-bond donors (Lipinski definition) is 1. The number of rotatable bonds is 2. The molecule has 1 aromatic heterocycles. The van der Waals surface area contributed by atoms with Crippen LogP contribution in [0.25, 0.3) is 11.4 Å². The van der Waals surface area contributed by atoms with Crippen molar-refractivity contribution in [3.63, 3.8) is 0 Å². The van der Waals surface area contributed by atoms with Crippen LogP contribution < -0.4 is 5.32 Å². The summed E-state index contributed by atoms with van der Waals surface area (Å²) < 4.78 is 5.41. The SMILES string of the molecule is c1ccc(-c2noc(C3Cc4ccccc4N3)n2)cc1. The van der Waals surface area contributed by atoms with Crippen LogP contribution in [-0.2, 0) is 6.42 Å². The normalized spacial score (nSPS) is 16.7. The van der Waals surface area contributed by atoms with Gasteiger partial charge in [0, 0.05) is 17.7 Å². The van der Waals surface area contributed by atoms with Crippen molar-refractivity contribution in [1.82, 2.24) is 10.1 Å². The second-order valence-electron chi connectivity index (χ2n) is 4.88. The summed E-state index contributed by atoms with van der Waals surface area (Å²) in [5.74, 6) is 1.28. The average Bonchev–Trinajstić information content (AvgIpc) is 3.14. The Bertz CT molecular complexity index is 711. The fourth-order valence-corrected chi connectivity index (χ4v) is 2.53. The Kier molecular flexibility index (Phi) is 2.52. The number of benzene rings is 2. The Labute approximate surface area is 116 Å². The van der Waals surface area contributed by atoms with Crippen LogP contribution >= 0.6 is 0 Å². The van der Waals surface area contributed by atoms with Crippen LogP contribution in [0.5, 0.6) is 0 Å². The van der Waals surface area contributed by atoms with E-state index < -0.39 is 0 Å². The lowest BCUT2D eigenvalue weighted by Crippen LogP contribution is -2.05. The van der Waals surface area contributed by atoms with Crippen molar-refractivity contribution < 1.29 is 4.52 Å². The van der Waals surface area contributed by atoms with Crippen molar-refractivity contribution >= 4 is 5.69 Å². The molecule has 0 amide bonds. The standard InChI is InChI=1S/C16H13N3O/c1-2-6-11(7-3-1)15-18-16(20-19-15)14-10-12-8-4-5-9-13(12)17-14/h1-9,14,17H,10H2. The molecule has 0 saturated carbocycles. The van der Waals surface area contributed by atoms with Gasteiger partial charge in [-0.25, -0.2) is 0 Å². The van der Waals surface area contributed by atoms with E-state index in [0.717, 1.165) is 17.7 Å². The molecule has 2 aromatic carbocycles. The molecule has 0 aliphatic carbocycles. The van der Waals surface area contributed by atoms with Gasteiger partial charge in [0.15, 0.2) is 0 Å². The van der Waals surface area contributed by atoms with E-state index in [9.17, 15) is 0 Å². The maximum Gasteiger partial charge on any atom is 0.249 e. The predicted molar refractivity (Wildman–Crippen MR) is 76.2 cm³/mol. The highest BCUT2D eigenvalue weighted by atomic mass is 16.5. The Morgan fingerprint density at radius 2 is 1.80 bits per heavy atom. The van der Waals surface area contributed by atoms with E-state index in [1.165, 1.54) is 5.56 Å². The number of nitrogens with one attached hydrogen (secondary N) is 1. The molecule has 1 unspecified atom stereocenters. The summed E-state index contributed by atoms with van der Waals surface area (Å²) in [6, 6.07) is 18.2. The predicted octanol–water partition coefficient (Wildman–Crippen LogP) is 3.45. The first kappa shape index (κ1) is 11.2. The lowest BCUT2D eigenvalue weighted by atomic mass is 10.1. The average molecular weight is 263 g/mol. The Hall–Kier alpha value is -2.62. The Balaban J connectivity index is 1.61. The van der Waals surface area contributed by atoms with Gasteiger partial charge in [-0.2, -0.15) is 4.98 Å². The molecule has 1 aliphatic rings. The lowest BCUT2D eigenvalue weighted by molar-refractivity contribution is 0.364. The fraction of sp³-hybridized carbons (Fsp3) is 0.125. The molecule has 0 spiro atoms. The van der Waals surface area contributed by atoms with Crippen molar-refractivity contribution in [3.05, 3.63) is 66.1 Å². The van der Waals surface area contributed by atoms with Gasteiger partial charge in [0.25, 0.3) is 0 Å². The van der Waals surface area contributed by atoms with Crippen LogP contribution in [0.4, 0.5) is 5.69 Å². The van der Waals surface area contributed by atoms with Crippen LogP contribution in [-0.4, -0.2) is 10.1 Å². The Morgan fingerprint density at radius 1 is 1.00 bits per heavy atom. The largest absolute Gasteiger partial charge is 0.373 e. The van der Waals surface area contributed by atoms with Crippen molar-refractivity contribution in [1.29, 1.82) is 0 Å². The molecule has 1 atom stereocenters. The summed E-state index contributed by atoms with van der Waals surface area (Å²) >= 11 is 0. The summed E-state index contributed by atoms with van der Waals surface area (Å²) in [5.41, 5.74) is 3.41. The summed E-state index contributed by atoms with van der Waals surface area (Å²) in [4.78, 5) is 4.51. The molecule has 1 aliphatic heterocycles.